The Morgan fingerprint density at radius 2 is 2.22 bits per heavy atom. The summed E-state index contributed by atoms with van der Waals surface area (Å²) in [6.45, 7) is 1.37. The van der Waals surface area contributed by atoms with Crippen LogP contribution in [0.15, 0.2) is 42.6 Å². The van der Waals surface area contributed by atoms with Gasteiger partial charge in [0, 0.05) is 34.3 Å². The number of carbonyl (C=O) groups is 1. The molecule has 27 heavy (non-hydrogen) atoms. The zero-order chi connectivity index (χ0) is 18.8. The number of amides is 1. The molecule has 0 bridgehead atoms. The lowest BCUT2D eigenvalue weighted by molar-refractivity contribution is 0.0997. The van der Waals surface area contributed by atoms with Crippen molar-refractivity contribution in [3.63, 3.8) is 0 Å². The molecule has 0 saturated heterocycles. The topological polar surface area (TPSA) is 80.1 Å². The van der Waals surface area contributed by atoms with Crippen LogP contribution in [0.25, 0.3) is 10.9 Å². The molecule has 1 amide bonds. The van der Waals surface area contributed by atoms with Crippen molar-refractivity contribution in [3.8, 4) is 5.75 Å². The first-order chi connectivity index (χ1) is 13.1. The molecule has 6 heteroatoms. The summed E-state index contributed by atoms with van der Waals surface area (Å²) in [7, 11) is 0. The van der Waals surface area contributed by atoms with E-state index in [2.05, 4.69) is 10.3 Å². The minimum Gasteiger partial charge on any atom is -0.492 e. The van der Waals surface area contributed by atoms with Crippen molar-refractivity contribution in [2.24, 2.45) is 5.73 Å². The molecule has 0 saturated carbocycles. The van der Waals surface area contributed by atoms with Crippen molar-refractivity contribution in [2.75, 3.05) is 13.2 Å². The first-order valence-corrected chi connectivity index (χ1v) is 9.15. The van der Waals surface area contributed by atoms with E-state index in [0.29, 0.717) is 18.6 Å². The molecule has 0 spiro atoms. The van der Waals surface area contributed by atoms with Gasteiger partial charge in [0.2, 0.25) is 5.91 Å². The molecule has 0 fully saturated rings. The average molecular weight is 367 g/mol. The van der Waals surface area contributed by atoms with E-state index >= 15 is 0 Å². The monoisotopic (exact) mass is 367 g/mol. The molecule has 5 nitrogen and oxygen atoms in total. The summed E-state index contributed by atoms with van der Waals surface area (Å²) in [5, 5.41) is 4.43. The Balaban J connectivity index is 1.34. The molecule has 2 aromatic carbocycles. The van der Waals surface area contributed by atoms with Gasteiger partial charge >= 0.3 is 0 Å². The van der Waals surface area contributed by atoms with Crippen LogP contribution in [0, 0.1) is 5.82 Å². The smallest absolute Gasteiger partial charge is 0.249 e. The molecule has 4 N–H and O–H groups in total. The fraction of sp³-hybridized carbons (Fsp3) is 0.286. The van der Waals surface area contributed by atoms with Gasteiger partial charge in [-0.3, -0.25) is 4.79 Å². The molecule has 1 aromatic heterocycles. The lowest BCUT2D eigenvalue weighted by atomic mass is 9.96. The number of nitrogens with two attached hydrogens (primary N) is 1. The van der Waals surface area contributed by atoms with Crippen molar-refractivity contribution in [2.45, 2.75) is 25.3 Å². The van der Waals surface area contributed by atoms with Crippen molar-refractivity contribution >= 4 is 16.8 Å². The number of hydrogen-bond acceptors (Lipinski definition) is 3. The molecule has 0 unspecified atom stereocenters. The van der Waals surface area contributed by atoms with Gasteiger partial charge in [-0.1, -0.05) is 6.07 Å². The summed E-state index contributed by atoms with van der Waals surface area (Å²) >= 11 is 0. The fourth-order valence-electron chi connectivity index (χ4n) is 3.71. The number of halogens is 1. The van der Waals surface area contributed by atoms with Crippen LogP contribution >= 0.6 is 0 Å². The van der Waals surface area contributed by atoms with Crippen molar-refractivity contribution < 1.29 is 13.9 Å². The van der Waals surface area contributed by atoms with E-state index < -0.39 is 5.91 Å². The second kappa shape index (κ2) is 7.40. The van der Waals surface area contributed by atoms with Crippen LogP contribution in [0.5, 0.6) is 5.75 Å². The predicted molar refractivity (Wildman–Crippen MR) is 103 cm³/mol. The number of benzene rings is 2. The molecule has 4 rings (SSSR count). The van der Waals surface area contributed by atoms with Crippen LogP contribution < -0.4 is 15.8 Å². The second-order valence-electron chi connectivity index (χ2n) is 6.92. The number of aryl methyl sites for hydroxylation is 1. The number of hydrogen-bond donors (Lipinski definition) is 3. The molecule has 3 aromatic rings. The summed E-state index contributed by atoms with van der Waals surface area (Å²) in [5.74, 6) is 0.0950. The van der Waals surface area contributed by atoms with Gasteiger partial charge in [0.1, 0.15) is 18.2 Å². The standard InChI is InChI=1S/C21H22FN3O2/c22-14-6-7-19-17(9-14)13(11-25-19)3-2-8-24-15-10-18-16(21(23)26)4-1-5-20(18)27-12-15/h1,4-7,9,11,15,24-25H,2-3,8,10,12H2,(H2,23,26)/t15-/m1/s1. The number of primary amides is 1. The third kappa shape index (κ3) is 3.66. The SMILES string of the molecule is NC(=O)c1cccc2c1C[C@@H](NCCCc1c[nH]c3ccc(F)cc13)CO2. The molecule has 2 heterocycles. The second-order valence-corrected chi connectivity index (χ2v) is 6.92. The molecule has 1 aliphatic heterocycles. The van der Waals surface area contributed by atoms with Crippen molar-refractivity contribution in [3.05, 3.63) is 65.1 Å². The lowest BCUT2D eigenvalue weighted by Gasteiger charge is -2.27. The Labute approximate surface area is 156 Å². The number of H-pyrrole nitrogens is 1. The van der Waals surface area contributed by atoms with E-state index in [4.69, 9.17) is 10.5 Å². The number of aromatic amines is 1. The van der Waals surface area contributed by atoms with E-state index in [1.807, 2.05) is 12.3 Å². The van der Waals surface area contributed by atoms with Crippen LogP contribution in [0.1, 0.15) is 27.9 Å². The zero-order valence-electron chi connectivity index (χ0n) is 14.9. The Bertz CT molecular complexity index is 983. The number of ether oxygens (including phenoxy) is 1. The van der Waals surface area contributed by atoms with E-state index in [0.717, 1.165) is 47.2 Å². The van der Waals surface area contributed by atoms with E-state index in [-0.39, 0.29) is 11.9 Å². The molecule has 0 aliphatic carbocycles. The normalized spacial score (nSPS) is 16.1. The Morgan fingerprint density at radius 1 is 1.33 bits per heavy atom. The Morgan fingerprint density at radius 3 is 3.07 bits per heavy atom. The van der Waals surface area contributed by atoms with Gasteiger partial charge in [0.15, 0.2) is 0 Å². The molecule has 1 atom stereocenters. The highest BCUT2D eigenvalue weighted by atomic mass is 19.1. The van der Waals surface area contributed by atoms with Crippen LogP contribution in [-0.2, 0) is 12.8 Å². The number of fused-ring (bicyclic) bond motifs is 2. The minimum atomic E-state index is -0.428. The summed E-state index contributed by atoms with van der Waals surface area (Å²) in [6.07, 6.45) is 4.44. The van der Waals surface area contributed by atoms with Gasteiger partial charge in [0.25, 0.3) is 0 Å². The fourth-order valence-corrected chi connectivity index (χ4v) is 3.71. The van der Waals surface area contributed by atoms with Crippen molar-refractivity contribution in [1.82, 2.24) is 10.3 Å². The van der Waals surface area contributed by atoms with Crippen LogP contribution in [0.4, 0.5) is 4.39 Å². The maximum atomic E-state index is 13.5. The van der Waals surface area contributed by atoms with Gasteiger partial charge in [-0.2, -0.15) is 0 Å². The lowest BCUT2D eigenvalue weighted by Crippen LogP contribution is -2.40. The van der Waals surface area contributed by atoms with Gasteiger partial charge in [0.05, 0.1) is 0 Å². The first kappa shape index (κ1) is 17.5. The maximum absolute atomic E-state index is 13.5. The molecular formula is C21H22FN3O2. The third-order valence-electron chi connectivity index (χ3n) is 5.07. The number of rotatable bonds is 6. The van der Waals surface area contributed by atoms with Gasteiger partial charge in [-0.25, -0.2) is 4.39 Å². The maximum Gasteiger partial charge on any atom is 0.249 e. The number of aromatic nitrogens is 1. The highest BCUT2D eigenvalue weighted by molar-refractivity contribution is 5.95. The molecular weight excluding hydrogens is 345 g/mol. The molecule has 1 aliphatic rings. The van der Waals surface area contributed by atoms with E-state index in [1.54, 1.807) is 24.3 Å². The largest absolute Gasteiger partial charge is 0.492 e. The minimum absolute atomic E-state index is 0.137. The highest BCUT2D eigenvalue weighted by Crippen LogP contribution is 2.28. The first-order valence-electron chi connectivity index (χ1n) is 9.15. The summed E-state index contributed by atoms with van der Waals surface area (Å²) in [5.41, 5.74) is 8.95. The summed E-state index contributed by atoms with van der Waals surface area (Å²) < 4.78 is 19.2. The van der Waals surface area contributed by atoms with Gasteiger partial charge in [-0.15, -0.1) is 0 Å². The third-order valence-corrected chi connectivity index (χ3v) is 5.07. The zero-order valence-corrected chi connectivity index (χ0v) is 14.9. The highest BCUT2D eigenvalue weighted by Gasteiger charge is 2.23. The quantitative estimate of drug-likeness (QED) is 0.586. The van der Waals surface area contributed by atoms with Crippen LogP contribution in [-0.4, -0.2) is 30.1 Å². The Hall–Kier alpha value is -2.86. The average Bonchev–Trinajstić information content (AvgIpc) is 3.06. The summed E-state index contributed by atoms with van der Waals surface area (Å²) in [4.78, 5) is 14.8. The predicted octanol–water partition coefficient (Wildman–Crippen LogP) is 2.93. The van der Waals surface area contributed by atoms with Crippen molar-refractivity contribution in [1.29, 1.82) is 0 Å². The van der Waals surface area contributed by atoms with Gasteiger partial charge in [-0.05, 0) is 61.7 Å². The van der Waals surface area contributed by atoms with E-state index in [1.165, 1.54) is 6.07 Å². The van der Waals surface area contributed by atoms with Crippen LogP contribution in [0.2, 0.25) is 0 Å². The Kier molecular flexibility index (Phi) is 4.81. The van der Waals surface area contributed by atoms with Crippen LogP contribution in [0.3, 0.4) is 0 Å². The summed E-state index contributed by atoms with van der Waals surface area (Å²) in [6, 6.07) is 10.3. The number of carbonyl (C=O) groups excluding carboxylic acids is 1. The molecule has 0 radical (unpaired) electrons. The van der Waals surface area contributed by atoms with E-state index in [9.17, 15) is 9.18 Å². The van der Waals surface area contributed by atoms with Gasteiger partial charge < -0.3 is 20.8 Å². The number of nitrogens with one attached hydrogen (secondary N) is 2. The molecule has 140 valence electrons.